The monoisotopic (exact) mass is 342 g/mol. The Morgan fingerprint density at radius 3 is 2.79 bits per heavy atom. The highest BCUT2D eigenvalue weighted by Gasteiger charge is 2.16. The predicted octanol–water partition coefficient (Wildman–Crippen LogP) is 3.01. The molecule has 0 fully saturated rings. The van der Waals surface area contributed by atoms with Crippen molar-refractivity contribution in [3.05, 3.63) is 39.7 Å². The van der Waals surface area contributed by atoms with E-state index in [1.807, 2.05) is 6.92 Å². The van der Waals surface area contributed by atoms with Crippen LogP contribution in [0.25, 0.3) is 0 Å². The summed E-state index contributed by atoms with van der Waals surface area (Å²) < 4.78 is 15.3. The summed E-state index contributed by atoms with van der Waals surface area (Å²) in [6.45, 7) is 1.83. The topological polar surface area (TPSA) is 55.9 Å². The van der Waals surface area contributed by atoms with Crippen LogP contribution in [-0.4, -0.2) is 14.8 Å². The maximum absolute atomic E-state index is 13.1. The Hall–Kier alpha value is -1.47. The minimum Gasteiger partial charge on any atom is -0.389 e. The van der Waals surface area contributed by atoms with Crippen LogP contribution in [0.5, 0.6) is 0 Å². The number of aryl methyl sites for hydroxylation is 2. The summed E-state index contributed by atoms with van der Waals surface area (Å²) in [5.74, 6) is 0.366. The summed E-state index contributed by atoms with van der Waals surface area (Å²) in [4.78, 5) is 0.270. The van der Waals surface area contributed by atoms with Gasteiger partial charge in [-0.15, -0.1) is 0 Å². The quantitative estimate of drug-likeness (QED) is 0.842. The zero-order valence-corrected chi connectivity index (χ0v) is 12.8. The minimum absolute atomic E-state index is 0.270. The van der Waals surface area contributed by atoms with Crippen molar-refractivity contribution in [3.8, 4) is 0 Å². The molecule has 0 saturated heterocycles. The second-order valence-corrected chi connectivity index (χ2v) is 5.34. The van der Waals surface area contributed by atoms with Gasteiger partial charge in [-0.25, -0.2) is 4.39 Å². The normalized spacial score (nSPS) is 10.5. The molecule has 4 nitrogen and oxygen atoms in total. The van der Waals surface area contributed by atoms with E-state index >= 15 is 0 Å². The van der Waals surface area contributed by atoms with E-state index in [9.17, 15) is 4.39 Å². The first-order chi connectivity index (χ1) is 8.90. The van der Waals surface area contributed by atoms with Crippen molar-refractivity contribution >= 4 is 44.6 Å². The van der Waals surface area contributed by atoms with Gasteiger partial charge in [0.15, 0.2) is 0 Å². The second kappa shape index (κ2) is 5.26. The molecule has 7 heteroatoms. The first-order valence-corrected chi connectivity index (χ1v) is 6.65. The molecule has 1 heterocycles. The van der Waals surface area contributed by atoms with E-state index in [-0.39, 0.29) is 10.8 Å². The number of halogens is 2. The van der Waals surface area contributed by atoms with Crippen LogP contribution in [0.2, 0.25) is 0 Å². The van der Waals surface area contributed by atoms with Gasteiger partial charge in [-0.05, 0) is 41.1 Å². The van der Waals surface area contributed by atoms with Crippen molar-refractivity contribution in [2.24, 2.45) is 12.8 Å². The molecule has 0 amide bonds. The van der Waals surface area contributed by atoms with Crippen molar-refractivity contribution in [1.29, 1.82) is 0 Å². The van der Waals surface area contributed by atoms with Crippen LogP contribution in [0.4, 0.5) is 15.9 Å². The summed E-state index contributed by atoms with van der Waals surface area (Å²) in [6, 6.07) is 4.38. The summed E-state index contributed by atoms with van der Waals surface area (Å²) in [5.41, 5.74) is 7.86. The first-order valence-electron chi connectivity index (χ1n) is 5.45. The molecule has 0 unspecified atom stereocenters. The van der Waals surface area contributed by atoms with Crippen LogP contribution < -0.4 is 11.1 Å². The Kier molecular flexibility index (Phi) is 3.86. The third-order valence-corrected chi connectivity index (χ3v) is 3.51. The molecule has 0 spiro atoms. The largest absolute Gasteiger partial charge is 0.389 e. The zero-order valence-electron chi connectivity index (χ0n) is 10.4. The molecule has 0 aliphatic heterocycles. The van der Waals surface area contributed by atoms with Gasteiger partial charge < -0.3 is 11.1 Å². The Morgan fingerprint density at radius 2 is 2.21 bits per heavy atom. The Bertz CT molecular complexity index is 653. The van der Waals surface area contributed by atoms with Gasteiger partial charge in [-0.2, -0.15) is 5.10 Å². The van der Waals surface area contributed by atoms with E-state index in [1.54, 1.807) is 17.8 Å². The Balaban J connectivity index is 2.46. The van der Waals surface area contributed by atoms with Crippen molar-refractivity contribution in [2.75, 3.05) is 5.32 Å². The molecule has 0 aliphatic carbocycles. The van der Waals surface area contributed by atoms with Crippen LogP contribution in [0.1, 0.15) is 11.3 Å². The molecular formula is C12H12BrFN4S. The van der Waals surface area contributed by atoms with Crippen molar-refractivity contribution < 1.29 is 4.39 Å². The van der Waals surface area contributed by atoms with Crippen molar-refractivity contribution in [1.82, 2.24) is 9.78 Å². The molecule has 0 saturated carbocycles. The number of nitrogens with two attached hydrogens (primary N) is 1. The molecule has 19 heavy (non-hydrogen) atoms. The summed E-state index contributed by atoms with van der Waals surface area (Å²) in [5, 5.41) is 7.43. The molecule has 0 aliphatic rings. The number of benzene rings is 1. The second-order valence-electron chi connectivity index (χ2n) is 4.05. The lowest BCUT2D eigenvalue weighted by Crippen LogP contribution is -2.13. The number of nitrogens with zero attached hydrogens (tertiary/aromatic N) is 2. The smallest absolute Gasteiger partial charge is 0.138 e. The predicted molar refractivity (Wildman–Crippen MR) is 81.2 cm³/mol. The van der Waals surface area contributed by atoms with Gasteiger partial charge in [-0.3, -0.25) is 4.68 Å². The van der Waals surface area contributed by atoms with Gasteiger partial charge in [-0.1, -0.05) is 12.2 Å². The summed E-state index contributed by atoms with van der Waals surface area (Å²) >= 11 is 8.33. The average molecular weight is 343 g/mol. The number of hydrogen-bond acceptors (Lipinski definition) is 3. The fraction of sp³-hybridized carbons (Fsp3) is 0.167. The lowest BCUT2D eigenvalue weighted by atomic mass is 10.2. The number of hydrogen-bond donors (Lipinski definition) is 2. The number of nitrogens with one attached hydrogen (secondary N) is 1. The lowest BCUT2D eigenvalue weighted by Gasteiger charge is -2.11. The molecule has 3 N–H and O–H groups in total. The van der Waals surface area contributed by atoms with Crippen LogP contribution in [-0.2, 0) is 7.05 Å². The molecule has 0 bridgehead atoms. The summed E-state index contributed by atoms with van der Waals surface area (Å²) in [6.07, 6.45) is 0. The van der Waals surface area contributed by atoms with Gasteiger partial charge in [0, 0.05) is 11.5 Å². The molecular weight excluding hydrogens is 331 g/mol. The van der Waals surface area contributed by atoms with Crippen molar-refractivity contribution in [3.63, 3.8) is 0 Å². The van der Waals surface area contributed by atoms with E-state index in [2.05, 4.69) is 26.3 Å². The SMILES string of the molecule is Cc1nn(C)c(Nc2ccc(F)cc2Br)c1C(N)=S. The summed E-state index contributed by atoms with van der Waals surface area (Å²) in [7, 11) is 1.79. The highest BCUT2D eigenvalue weighted by Crippen LogP contribution is 2.29. The molecule has 0 radical (unpaired) electrons. The molecule has 1 aromatic heterocycles. The van der Waals surface area contributed by atoms with Crippen molar-refractivity contribution in [2.45, 2.75) is 6.92 Å². The van der Waals surface area contributed by atoms with Crippen LogP contribution in [0, 0.1) is 12.7 Å². The molecule has 2 aromatic rings. The maximum atomic E-state index is 13.1. The first kappa shape index (κ1) is 14.0. The number of rotatable bonds is 3. The third kappa shape index (κ3) is 2.76. The van der Waals surface area contributed by atoms with Crippen LogP contribution in [0.15, 0.2) is 22.7 Å². The van der Waals surface area contributed by atoms with Gasteiger partial charge in [0.1, 0.15) is 16.6 Å². The Labute approximate surface area is 123 Å². The number of anilines is 2. The van der Waals surface area contributed by atoms with E-state index in [0.717, 1.165) is 5.69 Å². The fourth-order valence-corrected chi connectivity index (χ4v) is 2.51. The third-order valence-electron chi connectivity index (χ3n) is 2.65. The number of aromatic nitrogens is 2. The van der Waals surface area contributed by atoms with Crippen LogP contribution >= 0.6 is 28.1 Å². The maximum Gasteiger partial charge on any atom is 0.138 e. The van der Waals surface area contributed by atoms with Gasteiger partial charge in [0.25, 0.3) is 0 Å². The lowest BCUT2D eigenvalue weighted by molar-refractivity contribution is 0.627. The highest BCUT2D eigenvalue weighted by atomic mass is 79.9. The Morgan fingerprint density at radius 1 is 1.53 bits per heavy atom. The van der Waals surface area contributed by atoms with E-state index in [1.165, 1.54) is 12.1 Å². The molecule has 0 atom stereocenters. The number of thiocarbonyl (C=S) groups is 1. The van der Waals surface area contributed by atoms with Crippen LogP contribution in [0.3, 0.4) is 0 Å². The van der Waals surface area contributed by atoms with E-state index < -0.39 is 0 Å². The fourth-order valence-electron chi connectivity index (χ4n) is 1.81. The highest BCUT2D eigenvalue weighted by molar-refractivity contribution is 9.10. The van der Waals surface area contributed by atoms with Gasteiger partial charge in [0.2, 0.25) is 0 Å². The zero-order chi connectivity index (χ0) is 14.2. The average Bonchev–Trinajstić information content (AvgIpc) is 2.57. The minimum atomic E-state index is -0.312. The van der Waals surface area contributed by atoms with Gasteiger partial charge in [0.05, 0.1) is 16.9 Å². The van der Waals surface area contributed by atoms with E-state index in [0.29, 0.717) is 21.5 Å². The molecule has 2 rings (SSSR count). The molecule has 1 aromatic carbocycles. The molecule has 100 valence electrons. The van der Waals surface area contributed by atoms with Gasteiger partial charge >= 0.3 is 0 Å². The van der Waals surface area contributed by atoms with E-state index in [4.69, 9.17) is 18.0 Å². The standard InChI is InChI=1S/C12H12BrFN4S/c1-6-10(11(15)19)12(18(2)17-6)16-9-4-3-7(14)5-8(9)13/h3-5,16H,1-2H3,(H2,15,19).